The number of ether oxygens (including phenoxy) is 1. The Morgan fingerprint density at radius 3 is 3.14 bits per heavy atom. The summed E-state index contributed by atoms with van der Waals surface area (Å²) < 4.78 is 7.14. The highest BCUT2D eigenvalue weighted by Gasteiger charge is 2.15. The van der Waals surface area contributed by atoms with Crippen molar-refractivity contribution in [3.05, 3.63) is 9.66 Å². The van der Waals surface area contributed by atoms with Crippen molar-refractivity contribution in [2.45, 2.75) is 45.1 Å². The second-order valence-corrected chi connectivity index (χ2v) is 4.58. The van der Waals surface area contributed by atoms with E-state index in [-0.39, 0.29) is 0 Å². The van der Waals surface area contributed by atoms with Gasteiger partial charge in [-0.15, -0.1) is 11.8 Å². The molecule has 1 aliphatic rings. The lowest BCUT2D eigenvalue weighted by atomic mass is 10.1. The van der Waals surface area contributed by atoms with Crippen LogP contribution in [0.2, 0.25) is 0 Å². The highest BCUT2D eigenvalue weighted by Crippen LogP contribution is 2.26. The average Bonchev–Trinajstić information content (AvgIpc) is 2.20. The van der Waals surface area contributed by atoms with E-state index >= 15 is 0 Å². The molecule has 1 rings (SSSR count). The molecule has 1 aliphatic carbocycles. The third kappa shape index (κ3) is 4.47. The Morgan fingerprint density at radius 2 is 2.43 bits per heavy atom. The first-order chi connectivity index (χ1) is 6.84. The van der Waals surface area contributed by atoms with Gasteiger partial charge in [-0.05, 0) is 41.9 Å². The number of halogens is 1. The third-order valence-corrected chi connectivity index (χ3v) is 3.30. The molecule has 0 aromatic heterocycles. The minimum Gasteiger partial charge on any atom is -0.372 e. The van der Waals surface area contributed by atoms with Crippen LogP contribution in [0.15, 0.2) is 9.66 Å². The van der Waals surface area contributed by atoms with Gasteiger partial charge in [0.15, 0.2) is 0 Å². The zero-order valence-electron chi connectivity index (χ0n) is 8.68. The van der Waals surface area contributed by atoms with Gasteiger partial charge in [-0.3, -0.25) is 0 Å². The molecule has 78 valence electrons. The first-order valence-electron chi connectivity index (χ1n) is 5.27. The van der Waals surface area contributed by atoms with E-state index in [0.717, 1.165) is 19.4 Å². The molecule has 0 aliphatic heterocycles. The Labute approximate surface area is 100 Å². The topological polar surface area (TPSA) is 9.23 Å². The predicted octanol–water partition coefficient (Wildman–Crippen LogP) is 3.68. The normalized spacial score (nSPS) is 21.0. The summed E-state index contributed by atoms with van der Waals surface area (Å²) in [4.78, 5) is 0. The molecule has 14 heavy (non-hydrogen) atoms. The molecule has 1 unspecified atom stereocenters. The zero-order valence-corrected chi connectivity index (χ0v) is 10.8. The summed E-state index contributed by atoms with van der Waals surface area (Å²) in [7, 11) is 0. The van der Waals surface area contributed by atoms with Crippen LogP contribution in [0.25, 0.3) is 0 Å². The van der Waals surface area contributed by atoms with Gasteiger partial charge >= 0.3 is 0 Å². The first kappa shape index (κ1) is 12.1. The largest absolute Gasteiger partial charge is 0.372 e. The molecule has 1 nitrogen and oxygen atoms in total. The van der Waals surface area contributed by atoms with Gasteiger partial charge in [0, 0.05) is 16.4 Å². The standard InChI is InChI=1S/C12H17IO/c1-2-3-4-7-10-14-12-9-6-5-8-11(12)13/h8,12H,2,5-7,9-10H2,1H3. The number of hydrogen-bond donors (Lipinski definition) is 0. The fourth-order valence-electron chi connectivity index (χ4n) is 1.44. The van der Waals surface area contributed by atoms with Crippen LogP contribution in [0.4, 0.5) is 0 Å². The van der Waals surface area contributed by atoms with Gasteiger partial charge in [-0.1, -0.05) is 13.0 Å². The maximum Gasteiger partial charge on any atom is 0.0878 e. The van der Waals surface area contributed by atoms with Crippen molar-refractivity contribution in [3.8, 4) is 11.8 Å². The summed E-state index contributed by atoms with van der Waals surface area (Å²) in [5, 5.41) is 0. The van der Waals surface area contributed by atoms with Crippen LogP contribution in [0.3, 0.4) is 0 Å². The molecule has 0 amide bonds. The highest BCUT2D eigenvalue weighted by molar-refractivity contribution is 14.1. The smallest absolute Gasteiger partial charge is 0.0878 e. The van der Waals surface area contributed by atoms with Crippen LogP contribution >= 0.6 is 22.6 Å². The molecule has 0 bridgehead atoms. The minimum atomic E-state index is 0.354. The van der Waals surface area contributed by atoms with Gasteiger partial charge in [-0.2, -0.15) is 0 Å². The molecule has 1 atom stereocenters. The van der Waals surface area contributed by atoms with Crippen molar-refractivity contribution in [1.82, 2.24) is 0 Å². The first-order valence-corrected chi connectivity index (χ1v) is 6.35. The van der Waals surface area contributed by atoms with Gasteiger partial charge in [0.05, 0.1) is 12.7 Å². The van der Waals surface area contributed by atoms with Crippen LogP contribution in [0.1, 0.15) is 39.0 Å². The van der Waals surface area contributed by atoms with E-state index in [1.807, 2.05) is 0 Å². The Kier molecular flexibility index (Phi) is 6.29. The van der Waals surface area contributed by atoms with Gasteiger partial charge < -0.3 is 4.74 Å². The molecule has 0 aromatic rings. The maximum absolute atomic E-state index is 5.76. The Morgan fingerprint density at radius 1 is 1.57 bits per heavy atom. The Bertz CT molecular complexity index is 247. The lowest BCUT2D eigenvalue weighted by molar-refractivity contribution is 0.0785. The van der Waals surface area contributed by atoms with E-state index in [9.17, 15) is 0 Å². The van der Waals surface area contributed by atoms with Crippen molar-refractivity contribution < 1.29 is 4.74 Å². The van der Waals surface area contributed by atoms with Crippen molar-refractivity contribution in [1.29, 1.82) is 0 Å². The van der Waals surface area contributed by atoms with Crippen LogP contribution < -0.4 is 0 Å². The van der Waals surface area contributed by atoms with Gasteiger partial charge in [0.25, 0.3) is 0 Å². The maximum atomic E-state index is 5.76. The highest BCUT2D eigenvalue weighted by atomic mass is 127. The van der Waals surface area contributed by atoms with Gasteiger partial charge in [-0.25, -0.2) is 0 Å². The van der Waals surface area contributed by atoms with E-state index < -0.39 is 0 Å². The SMILES string of the molecule is CCC#CCCOC1CCCC=C1I. The fourth-order valence-corrected chi connectivity index (χ4v) is 2.24. The monoisotopic (exact) mass is 304 g/mol. The molecule has 0 aromatic carbocycles. The Balaban J connectivity index is 2.17. The summed E-state index contributed by atoms with van der Waals surface area (Å²) in [5.74, 6) is 6.14. The van der Waals surface area contributed by atoms with Crippen LogP contribution in [0.5, 0.6) is 0 Å². The molecular formula is C12H17IO. The van der Waals surface area contributed by atoms with Gasteiger partial charge in [0.1, 0.15) is 0 Å². The molecule has 0 spiro atoms. The number of allylic oxidation sites excluding steroid dienone is 1. The van der Waals surface area contributed by atoms with Crippen LogP contribution in [-0.2, 0) is 4.74 Å². The van der Waals surface area contributed by atoms with E-state index in [0.29, 0.717) is 6.10 Å². The lowest BCUT2D eigenvalue weighted by Crippen LogP contribution is -2.16. The zero-order chi connectivity index (χ0) is 10.2. The van der Waals surface area contributed by atoms with Gasteiger partial charge in [0.2, 0.25) is 0 Å². The summed E-state index contributed by atoms with van der Waals surface area (Å²) in [6.07, 6.45) is 8.11. The quantitative estimate of drug-likeness (QED) is 0.439. The van der Waals surface area contributed by atoms with E-state index in [2.05, 4.69) is 47.4 Å². The van der Waals surface area contributed by atoms with E-state index in [4.69, 9.17) is 4.74 Å². The van der Waals surface area contributed by atoms with E-state index in [1.165, 1.54) is 22.8 Å². The van der Waals surface area contributed by atoms with Crippen molar-refractivity contribution in [2.75, 3.05) is 6.61 Å². The Hall–Kier alpha value is -0.0100. The second kappa shape index (κ2) is 7.30. The van der Waals surface area contributed by atoms with Crippen molar-refractivity contribution in [2.24, 2.45) is 0 Å². The minimum absolute atomic E-state index is 0.354. The molecule has 2 heteroatoms. The fraction of sp³-hybridized carbons (Fsp3) is 0.667. The number of hydrogen-bond acceptors (Lipinski definition) is 1. The van der Waals surface area contributed by atoms with E-state index in [1.54, 1.807) is 0 Å². The summed E-state index contributed by atoms with van der Waals surface area (Å²) in [6.45, 7) is 2.85. The lowest BCUT2D eigenvalue weighted by Gasteiger charge is -2.20. The van der Waals surface area contributed by atoms with Crippen molar-refractivity contribution in [3.63, 3.8) is 0 Å². The summed E-state index contributed by atoms with van der Waals surface area (Å²) >= 11 is 2.39. The molecule has 0 radical (unpaired) electrons. The van der Waals surface area contributed by atoms with Crippen LogP contribution in [0, 0.1) is 11.8 Å². The van der Waals surface area contributed by atoms with Crippen molar-refractivity contribution >= 4 is 22.6 Å². The molecule has 0 N–H and O–H groups in total. The second-order valence-electron chi connectivity index (χ2n) is 3.34. The average molecular weight is 304 g/mol. The summed E-state index contributed by atoms with van der Waals surface area (Å²) in [6, 6.07) is 0. The molecule has 0 saturated carbocycles. The predicted molar refractivity (Wildman–Crippen MR) is 68.4 cm³/mol. The number of rotatable bonds is 3. The van der Waals surface area contributed by atoms with Crippen LogP contribution in [-0.4, -0.2) is 12.7 Å². The molecule has 0 fully saturated rings. The molecule has 0 saturated heterocycles. The summed E-state index contributed by atoms with van der Waals surface area (Å²) in [5.41, 5.74) is 0. The molecular weight excluding hydrogens is 287 g/mol. The third-order valence-electron chi connectivity index (χ3n) is 2.17. The molecule has 0 heterocycles.